The number of nitrogens with zero attached hydrogens (tertiary/aromatic N) is 2. The van der Waals surface area contributed by atoms with Crippen LogP contribution in [0.15, 0.2) is 36.7 Å². The molecule has 2 aromatic rings. The first-order valence-corrected chi connectivity index (χ1v) is 7.68. The number of hydrogen-bond donors (Lipinski definition) is 1. The molecule has 3 rings (SSSR count). The fraction of sp³-hybridized carbons (Fsp3) is 0.412. The molecule has 1 amide bonds. The third kappa shape index (κ3) is 3.47. The number of carbonyl (C=O) groups excluding carboxylic acids is 1. The molecule has 0 unspecified atom stereocenters. The van der Waals surface area contributed by atoms with Crippen LogP contribution in [0.3, 0.4) is 0 Å². The van der Waals surface area contributed by atoms with Crippen LogP contribution in [0.5, 0.6) is 5.75 Å². The zero-order valence-electron chi connectivity index (χ0n) is 12.8. The molecule has 0 saturated heterocycles. The summed E-state index contributed by atoms with van der Waals surface area (Å²) in [4.78, 5) is 12.2. The van der Waals surface area contributed by atoms with Crippen LogP contribution >= 0.6 is 0 Å². The summed E-state index contributed by atoms with van der Waals surface area (Å²) in [5.41, 5.74) is 2.32. The number of hydrogen-bond acceptors (Lipinski definition) is 3. The van der Waals surface area contributed by atoms with Crippen molar-refractivity contribution in [2.45, 2.75) is 19.3 Å². The van der Waals surface area contributed by atoms with Crippen LogP contribution < -0.4 is 10.1 Å². The second-order valence-corrected chi connectivity index (χ2v) is 5.74. The van der Waals surface area contributed by atoms with E-state index in [4.69, 9.17) is 4.74 Å². The second kappa shape index (κ2) is 6.64. The summed E-state index contributed by atoms with van der Waals surface area (Å²) < 4.78 is 7.46. The van der Waals surface area contributed by atoms with Crippen molar-refractivity contribution in [1.82, 2.24) is 15.1 Å². The summed E-state index contributed by atoms with van der Waals surface area (Å²) in [5.74, 6) is 0.900. The smallest absolute Gasteiger partial charge is 0.226 e. The van der Waals surface area contributed by atoms with Gasteiger partial charge in [-0.15, -0.1) is 0 Å². The third-order valence-corrected chi connectivity index (χ3v) is 3.95. The number of nitrogens with one attached hydrogen (secondary N) is 1. The maximum Gasteiger partial charge on any atom is 0.226 e. The van der Waals surface area contributed by atoms with E-state index in [1.807, 2.05) is 43.7 Å². The van der Waals surface area contributed by atoms with E-state index in [0.717, 1.165) is 30.6 Å². The molecular weight excluding hydrogens is 278 g/mol. The predicted molar refractivity (Wildman–Crippen MR) is 83.7 cm³/mol. The summed E-state index contributed by atoms with van der Waals surface area (Å²) in [5, 5.41) is 7.15. The first kappa shape index (κ1) is 14.6. The molecule has 0 spiro atoms. The van der Waals surface area contributed by atoms with Gasteiger partial charge in [-0.3, -0.25) is 9.48 Å². The molecule has 1 aromatic heterocycles. The van der Waals surface area contributed by atoms with E-state index in [1.54, 1.807) is 4.68 Å². The lowest BCUT2D eigenvalue weighted by Gasteiger charge is -2.24. The van der Waals surface area contributed by atoms with Crippen molar-refractivity contribution in [3.05, 3.63) is 47.8 Å². The van der Waals surface area contributed by atoms with E-state index < -0.39 is 0 Å². The Kier molecular flexibility index (Phi) is 4.42. The van der Waals surface area contributed by atoms with Crippen molar-refractivity contribution >= 4 is 5.91 Å². The van der Waals surface area contributed by atoms with Crippen molar-refractivity contribution in [3.63, 3.8) is 0 Å². The van der Waals surface area contributed by atoms with Gasteiger partial charge in [0.25, 0.3) is 0 Å². The van der Waals surface area contributed by atoms with Gasteiger partial charge in [-0.05, 0) is 36.5 Å². The molecule has 0 bridgehead atoms. The summed E-state index contributed by atoms with van der Waals surface area (Å²) in [6.07, 6.45) is 6.48. The molecule has 5 heteroatoms. The summed E-state index contributed by atoms with van der Waals surface area (Å²) in [7, 11) is 1.91. The van der Waals surface area contributed by atoms with Gasteiger partial charge >= 0.3 is 0 Å². The molecule has 1 aliphatic rings. The standard InChI is InChI=1S/C17H21N3O2/c1-20-11-13(10-19-20)5-4-8-18-17(21)15-9-14-6-2-3-7-16(14)22-12-15/h2-3,6-7,10-11,15H,4-5,8-9,12H2,1H3,(H,18,21)/t15-/m1/s1. The first-order valence-electron chi connectivity index (χ1n) is 7.68. The number of rotatable bonds is 5. The fourth-order valence-electron chi connectivity index (χ4n) is 2.75. The Hall–Kier alpha value is -2.30. The maximum atomic E-state index is 12.2. The SMILES string of the molecule is Cn1cc(CCCNC(=O)[C@H]2COc3ccccc3C2)cn1. The normalized spacial score (nSPS) is 16.7. The Bertz CT molecular complexity index is 651. The van der Waals surface area contributed by atoms with Gasteiger partial charge in [-0.1, -0.05) is 18.2 Å². The Labute approximate surface area is 130 Å². The Balaban J connectivity index is 1.43. The van der Waals surface area contributed by atoms with Crippen LogP contribution in [0.2, 0.25) is 0 Å². The highest BCUT2D eigenvalue weighted by atomic mass is 16.5. The van der Waals surface area contributed by atoms with Gasteiger partial charge < -0.3 is 10.1 Å². The van der Waals surface area contributed by atoms with E-state index in [-0.39, 0.29) is 11.8 Å². The number of aryl methyl sites for hydroxylation is 2. The quantitative estimate of drug-likeness (QED) is 0.855. The average molecular weight is 299 g/mol. The van der Waals surface area contributed by atoms with Crippen LogP contribution in [0.4, 0.5) is 0 Å². The van der Waals surface area contributed by atoms with Crippen molar-refractivity contribution in [2.75, 3.05) is 13.2 Å². The zero-order valence-corrected chi connectivity index (χ0v) is 12.8. The molecule has 0 radical (unpaired) electrons. The molecule has 1 aromatic carbocycles. The van der Waals surface area contributed by atoms with Crippen LogP contribution in [0.1, 0.15) is 17.5 Å². The topological polar surface area (TPSA) is 56.2 Å². The molecule has 0 aliphatic carbocycles. The molecule has 1 atom stereocenters. The van der Waals surface area contributed by atoms with E-state index in [0.29, 0.717) is 13.2 Å². The Morgan fingerprint density at radius 3 is 3.14 bits per heavy atom. The molecule has 1 N–H and O–H groups in total. The molecular formula is C17H21N3O2. The lowest BCUT2D eigenvalue weighted by atomic mass is 9.96. The highest BCUT2D eigenvalue weighted by molar-refractivity contribution is 5.79. The van der Waals surface area contributed by atoms with Crippen molar-refractivity contribution < 1.29 is 9.53 Å². The van der Waals surface area contributed by atoms with E-state index in [9.17, 15) is 4.79 Å². The lowest BCUT2D eigenvalue weighted by Crippen LogP contribution is -2.37. The minimum absolute atomic E-state index is 0.0840. The number of fused-ring (bicyclic) bond motifs is 1. The average Bonchev–Trinajstić information content (AvgIpc) is 2.96. The lowest BCUT2D eigenvalue weighted by molar-refractivity contribution is -0.126. The Morgan fingerprint density at radius 2 is 2.32 bits per heavy atom. The maximum absolute atomic E-state index is 12.2. The van der Waals surface area contributed by atoms with Crippen LogP contribution in [0, 0.1) is 5.92 Å². The molecule has 0 fully saturated rings. The first-order chi connectivity index (χ1) is 10.7. The third-order valence-electron chi connectivity index (χ3n) is 3.95. The van der Waals surface area contributed by atoms with E-state index >= 15 is 0 Å². The monoisotopic (exact) mass is 299 g/mol. The van der Waals surface area contributed by atoms with E-state index in [2.05, 4.69) is 10.4 Å². The number of amides is 1. The van der Waals surface area contributed by atoms with Gasteiger partial charge in [0.05, 0.1) is 12.1 Å². The molecule has 116 valence electrons. The number of para-hydroxylation sites is 1. The molecule has 0 saturated carbocycles. The molecule has 22 heavy (non-hydrogen) atoms. The summed E-state index contributed by atoms with van der Waals surface area (Å²) in [6.45, 7) is 1.15. The van der Waals surface area contributed by atoms with Gasteiger partial charge in [0, 0.05) is 19.8 Å². The second-order valence-electron chi connectivity index (χ2n) is 5.74. The molecule has 5 nitrogen and oxygen atoms in total. The van der Waals surface area contributed by atoms with Gasteiger partial charge in [-0.2, -0.15) is 5.10 Å². The van der Waals surface area contributed by atoms with Gasteiger partial charge in [0.1, 0.15) is 12.4 Å². The van der Waals surface area contributed by atoms with Crippen LogP contribution in [0.25, 0.3) is 0 Å². The van der Waals surface area contributed by atoms with Gasteiger partial charge in [-0.25, -0.2) is 0 Å². The number of benzene rings is 1. The fourth-order valence-corrected chi connectivity index (χ4v) is 2.75. The number of aromatic nitrogens is 2. The van der Waals surface area contributed by atoms with Crippen molar-refractivity contribution in [1.29, 1.82) is 0 Å². The largest absolute Gasteiger partial charge is 0.492 e. The number of carbonyl (C=O) groups is 1. The Morgan fingerprint density at radius 1 is 1.45 bits per heavy atom. The minimum atomic E-state index is -0.0895. The van der Waals surface area contributed by atoms with Crippen molar-refractivity contribution in [2.24, 2.45) is 13.0 Å². The van der Waals surface area contributed by atoms with Crippen LogP contribution in [-0.2, 0) is 24.7 Å². The predicted octanol–water partition coefficient (Wildman–Crippen LogP) is 1.72. The number of ether oxygens (including phenoxy) is 1. The molecule has 2 heterocycles. The van der Waals surface area contributed by atoms with E-state index in [1.165, 1.54) is 5.56 Å². The van der Waals surface area contributed by atoms with Crippen LogP contribution in [-0.4, -0.2) is 28.8 Å². The van der Waals surface area contributed by atoms with Gasteiger partial charge in [0.15, 0.2) is 0 Å². The van der Waals surface area contributed by atoms with Crippen molar-refractivity contribution in [3.8, 4) is 5.75 Å². The highest BCUT2D eigenvalue weighted by Crippen LogP contribution is 2.26. The molecule has 1 aliphatic heterocycles. The highest BCUT2D eigenvalue weighted by Gasteiger charge is 2.25. The van der Waals surface area contributed by atoms with Gasteiger partial charge in [0.2, 0.25) is 5.91 Å². The summed E-state index contributed by atoms with van der Waals surface area (Å²) in [6, 6.07) is 7.92. The minimum Gasteiger partial charge on any atom is -0.492 e. The zero-order chi connectivity index (χ0) is 15.4. The summed E-state index contributed by atoms with van der Waals surface area (Å²) >= 11 is 0.